The number of anilines is 1. The molecule has 5 nitrogen and oxygen atoms in total. The topological polar surface area (TPSA) is 60.1 Å². The number of furan rings is 1. The molecular formula is C20H15F6N3O2. The molecule has 1 unspecified atom stereocenters. The summed E-state index contributed by atoms with van der Waals surface area (Å²) in [4.78, 5) is 11.9. The van der Waals surface area contributed by atoms with Crippen molar-refractivity contribution in [2.24, 2.45) is 0 Å². The summed E-state index contributed by atoms with van der Waals surface area (Å²) >= 11 is 0. The first-order valence-corrected chi connectivity index (χ1v) is 8.80. The van der Waals surface area contributed by atoms with E-state index in [1.54, 1.807) is 12.1 Å². The number of halogens is 6. The molecule has 164 valence electrons. The first-order chi connectivity index (χ1) is 14.4. The number of hydrogen-bond acceptors (Lipinski definition) is 3. The summed E-state index contributed by atoms with van der Waals surface area (Å²) < 4.78 is 84.9. The van der Waals surface area contributed by atoms with Crippen LogP contribution in [-0.4, -0.2) is 15.7 Å². The van der Waals surface area contributed by atoms with Crippen LogP contribution in [0.1, 0.15) is 35.4 Å². The Hall–Kier alpha value is -3.50. The molecule has 1 N–H and O–H groups in total. The number of carbonyl (C=O) groups is 1. The largest absolute Gasteiger partial charge is 0.465 e. The molecular weight excluding hydrogens is 428 g/mol. The minimum atomic E-state index is -4.99. The van der Waals surface area contributed by atoms with E-state index in [0.29, 0.717) is 11.8 Å². The lowest BCUT2D eigenvalue weighted by Gasteiger charge is -2.20. The van der Waals surface area contributed by atoms with E-state index in [-0.39, 0.29) is 17.3 Å². The van der Waals surface area contributed by atoms with E-state index in [0.717, 1.165) is 10.7 Å². The van der Waals surface area contributed by atoms with Crippen molar-refractivity contribution in [1.82, 2.24) is 9.78 Å². The quantitative estimate of drug-likeness (QED) is 0.402. The number of nitrogens with zero attached hydrogens (tertiary/aromatic N) is 2. The monoisotopic (exact) mass is 443 g/mol. The van der Waals surface area contributed by atoms with Gasteiger partial charge in [0.05, 0.1) is 35.3 Å². The average Bonchev–Trinajstić information content (AvgIpc) is 3.36. The molecule has 1 aromatic carbocycles. The molecule has 11 heteroatoms. The van der Waals surface area contributed by atoms with Crippen molar-refractivity contribution in [3.8, 4) is 0 Å². The Balaban J connectivity index is 1.81. The van der Waals surface area contributed by atoms with Crippen LogP contribution in [0.25, 0.3) is 6.08 Å². The molecule has 0 radical (unpaired) electrons. The van der Waals surface area contributed by atoms with Crippen LogP contribution in [0, 0.1) is 0 Å². The van der Waals surface area contributed by atoms with Crippen LogP contribution in [0.2, 0.25) is 0 Å². The van der Waals surface area contributed by atoms with E-state index in [1.807, 2.05) is 0 Å². The summed E-state index contributed by atoms with van der Waals surface area (Å²) in [7, 11) is 0. The highest BCUT2D eigenvalue weighted by molar-refractivity contribution is 6.01. The maximum Gasteiger partial charge on any atom is 0.416 e. The minimum absolute atomic E-state index is 0.0808. The summed E-state index contributed by atoms with van der Waals surface area (Å²) in [6, 6.07) is 3.67. The lowest BCUT2D eigenvalue weighted by Crippen LogP contribution is -2.17. The fourth-order valence-corrected chi connectivity index (χ4v) is 2.83. The van der Waals surface area contributed by atoms with Crippen molar-refractivity contribution in [3.05, 3.63) is 77.5 Å². The molecule has 31 heavy (non-hydrogen) atoms. The minimum Gasteiger partial charge on any atom is -0.465 e. The Morgan fingerprint density at radius 2 is 1.90 bits per heavy atom. The van der Waals surface area contributed by atoms with Crippen LogP contribution in [0.3, 0.4) is 0 Å². The molecule has 3 aromatic rings. The van der Waals surface area contributed by atoms with Gasteiger partial charge in [0.25, 0.3) is 0 Å². The van der Waals surface area contributed by atoms with Crippen LogP contribution in [0.15, 0.2) is 59.5 Å². The van der Waals surface area contributed by atoms with E-state index in [2.05, 4.69) is 10.4 Å². The number of alkyl halides is 6. The molecule has 2 aromatic heterocycles. The van der Waals surface area contributed by atoms with Crippen LogP contribution in [0.4, 0.5) is 32.0 Å². The van der Waals surface area contributed by atoms with Gasteiger partial charge in [-0.1, -0.05) is 6.07 Å². The summed E-state index contributed by atoms with van der Waals surface area (Å²) in [5.41, 5.74) is -2.99. The Kier molecular flexibility index (Phi) is 5.96. The molecule has 0 aliphatic heterocycles. The summed E-state index contributed by atoms with van der Waals surface area (Å²) in [6.45, 7) is 1.35. The second-order valence-corrected chi connectivity index (χ2v) is 6.52. The van der Waals surface area contributed by atoms with Crippen molar-refractivity contribution in [1.29, 1.82) is 0 Å². The van der Waals surface area contributed by atoms with Gasteiger partial charge in [0, 0.05) is 12.3 Å². The molecule has 2 heterocycles. The Morgan fingerprint density at radius 1 is 1.16 bits per heavy atom. The third-order valence-corrected chi connectivity index (χ3v) is 4.34. The third-order valence-electron chi connectivity index (χ3n) is 4.34. The van der Waals surface area contributed by atoms with E-state index in [4.69, 9.17) is 4.42 Å². The summed E-state index contributed by atoms with van der Waals surface area (Å²) in [5.74, 6) is -0.0874. The molecule has 3 rings (SSSR count). The van der Waals surface area contributed by atoms with Crippen molar-refractivity contribution in [2.75, 3.05) is 5.32 Å². The lowest BCUT2D eigenvalue weighted by atomic mass is 9.98. The molecule has 0 saturated heterocycles. The summed E-state index contributed by atoms with van der Waals surface area (Å²) in [6.07, 6.45) is -3.37. The van der Waals surface area contributed by atoms with Crippen LogP contribution >= 0.6 is 0 Å². The predicted molar refractivity (Wildman–Crippen MR) is 98.9 cm³/mol. The van der Waals surface area contributed by atoms with Gasteiger partial charge < -0.3 is 9.73 Å². The molecule has 1 atom stereocenters. The zero-order valence-electron chi connectivity index (χ0n) is 15.8. The van der Waals surface area contributed by atoms with Crippen molar-refractivity contribution < 1.29 is 35.6 Å². The molecule has 1 amide bonds. The van der Waals surface area contributed by atoms with Crippen LogP contribution in [-0.2, 0) is 17.1 Å². The van der Waals surface area contributed by atoms with Crippen molar-refractivity contribution >= 4 is 17.7 Å². The number of aromatic nitrogens is 2. The zero-order chi connectivity index (χ0) is 22.8. The fourth-order valence-electron chi connectivity index (χ4n) is 2.83. The first kappa shape index (κ1) is 22.2. The van der Waals surface area contributed by atoms with Crippen LogP contribution in [0.5, 0.6) is 0 Å². The Labute approximate surface area is 172 Å². The number of carbonyl (C=O) groups excluding carboxylic acids is 1. The number of benzene rings is 1. The van der Waals surface area contributed by atoms with Gasteiger partial charge in [-0.15, -0.1) is 0 Å². The summed E-state index contributed by atoms with van der Waals surface area (Å²) in [5, 5.41) is 6.40. The highest BCUT2D eigenvalue weighted by Gasteiger charge is 2.39. The van der Waals surface area contributed by atoms with E-state index >= 15 is 0 Å². The van der Waals surface area contributed by atoms with Crippen LogP contribution < -0.4 is 5.32 Å². The number of nitrogens with one attached hydrogen (secondary N) is 1. The van der Waals surface area contributed by atoms with Crippen molar-refractivity contribution in [2.45, 2.75) is 25.3 Å². The maximum atomic E-state index is 13.4. The number of amides is 1. The number of hydrogen-bond donors (Lipinski definition) is 1. The highest BCUT2D eigenvalue weighted by atomic mass is 19.4. The van der Waals surface area contributed by atoms with Gasteiger partial charge in [-0.05, 0) is 42.8 Å². The zero-order valence-corrected chi connectivity index (χ0v) is 15.8. The smallest absolute Gasteiger partial charge is 0.416 e. The standard InChI is InChI=1S/C20H15F6N3O2/c1-12(16-6-4-13(19(21,22)23)9-17(16)20(24,25)26)29-11-14(10-27-29)28-18(30)7-5-15-3-2-8-31-15/h2-12H,1H3,(H,28,30)/b7-5-. The fraction of sp³-hybridized carbons (Fsp3) is 0.200. The highest BCUT2D eigenvalue weighted by Crippen LogP contribution is 2.39. The van der Waals surface area contributed by atoms with Crippen molar-refractivity contribution in [3.63, 3.8) is 0 Å². The predicted octanol–water partition coefficient (Wildman–Crippen LogP) is 5.77. The van der Waals surface area contributed by atoms with E-state index in [1.165, 1.54) is 37.7 Å². The SMILES string of the molecule is CC(c1ccc(C(F)(F)F)cc1C(F)(F)F)n1cc(NC(=O)/C=C\c2ccco2)cn1. The molecule has 0 aliphatic carbocycles. The Morgan fingerprint density at radius 3 is 2.52 bits per heavy atom. The maximum absolute atomic E-state index is 13.4. The second-order valence-electron chi connectivity index (χ2n) is 6.52. The lowest BCUT2D eigenvalue weighted by molar-refractivity contribution is -0.143. The van der Waals surface area contributed by atoms with Gasteiger partial charge in [0.1, 0.15) is 5.76 Å². The molecule has 0 spiro atoms. The molecule has 0 fully saturated rings. The van der Waals surface area contributed by atoms with Gasteiger partial charge in [0.2, 0.25) is 5.91 Å². The van der Waals surface area contributed by atoms with Gasteiger partial charge in [-0.2, -0.15) is 31.4 Å². The average molecular weight is 443 g/mol. The molecule has 0 saturated carbocycles. The Bertz CT molecular complexity index is 1080. The molecule has 0 aliphatic rings. The van der Waals surface area contributed by atoms with Gasteiger partial charge >= 0.3 is 12.4 Å². The first-order valence-electron chi connectivity index (χ1n) is 8.80. The van der Waals surface area contributed by atoms with Gasteiger partial charge in [0.15, 0.2) is 0 Å². The normalized spacial score (nSPS) is 13.5. The van der Waals surface area contributed by atoms with Gasteiger partial charge in [-0.3, -0.25) is 9.48 Å². The van der Waals surface area contributed by atoms with Gasteiger partial charge in [-0.25, -0.2) is 0 Å². The van der Waals surface area contributed by atoms with E-state index in [9.17, 15) is 31.1 Å². The second kappa shape index (κ2) is 8.32. The third kappa shape index (κ3) is 5.36. The molecule has 0 bridgehead atoms. The number of rotatable bonds is 5. The van der Waals surface area contributed by atoms with E-state index < -0.39 is 35.4 Å².